The highest BCUT2D eigenvalue weighted by Gasteiger charge is 2.23. The number of tetrazole rings is 1. The Hall–Kier alpha value is -2.52. The molecule has 0 saturated heterocycles. The van der Waals surface area contributed by atoms with E-state index >= 15 is 0 Å². The van der Waals surface area contributed by atoms with Crippen molar-refractivity contribution in [1.29, 1.82) is 0 Å². The number of allylic oxidation sites excluding steroid dienone is 2. The zero-order valence-corrected chi connectivity index (χ0v) is 16.0. The summed E-state index contributed by atoms with van der Waals surface area (Å²) in [6.07, 6.45) is 2.84. The van der Waals surface area contributed by atoms with Crippen LogP contribution in [0, 0.1) is 0 Å². The molecule has 3 rings (SSSR count). The van der Waals surface area contributed by atoms with Crippen molar-refractivity contribution in [2.24, 2.45) is 0 Å². The first-order chi connectivity index (χ1) is 13.4. The molecule has 0 saturated carbocycles. The zero-order valence-electron chi connectivity index (χ0n) is 14.5. The van der Waals surface area contributed by atoms with Gasteiger partial charge in [-0.15, -0.1) is 0 Å². The van der Waals surface area contributed by atoms with Crippen LogP contribution in [0.3, 0.4) is 0 Å². The Morgan fingerprint density at radius 3 is 2.71 bits per heavy atom. The van der Waals surface area contributed by atoms with Gasteiger partial charge in [-0.2, -0.15) is 9.36 Å². The summed E-state index contributed by atoms with van der Waals surface area (Å²) in [5, 5.41) is 7.27. The highest BCUT2D eigenvalue weighted by atomic mass is 35.5. The highest BCUT2D eigenvalue weighted by molar-refractivity contribution is 6.39. The molecule has 0 fully saturated rings. The average molecular weight is 429 g/mol. The predicted molar refractivity (Wildman–Crippen MR) is 98.6 cm³/mol. The lowest BCUT2D eigenvalue weighted by molar-refractivity contribution is -0.115. The number of hydrogen-bond donors (Lipinski definition) is 0. The average Bonchev–Trinajstić information content (AvgIpc) is 3.00. The van der Waals surface area contributed by atoms with Gasteiger partial charge in [-0.05, 0) is 35.4 Å². The fraction of sp³-hybridized carbons (Fsp3) is 0.353. The van der Waals surface area contributed by atoms with Crippen molar-refractivity contribution in [2.45, 2.75) is 32.2 Å². The quantitative estimate of drug-likeness (QED) is 0.656. The van der Waals surface area contributed by atoms with Gasteiger partial charge in [0, 0.05) is 18.9 Å². The first-order valence-electron chi connectivity index (χ1n) is 8.45. The molecule has 0 spiro atoms. The number of esters is 1. The van der Waals surface area contributed by atoms with Gasteiger partial charge in [0.05, 0.1) is 28.8 Å². The third-order valence-electron chi connectivity index (χ3n) is 4.03. The Morgan fingerprint density at radius 1 is 1.21 bits per heavy atom. The van der Waals surface area contributed by atoms with Gasteiger partial charge in [0.15, 0.2) is 5.78 Å². The van der Waals surface area contributed by atoms with E-state index in [1.54, 1.807) is 0 Å². The molecule has 1 aliphatic rings. The minimum Gasteiger partial charge on any atom is -0.427 e. The number of rotatable bonds is 6. The molecule has 1 aliphatic carbocycles. The smallest absolute Gasteiger partial charge is 0.368 e. The van der Waals surface area contributed by atoms with E-state index < -0.39 is 18.3 Å². The van der Waals surface area contributed by atoms with E-state index in [1.807, 2.05) is 0 Å². The second-order valence-corrected chi connectivity index (χ2v) is 6.80. The molecule has 0 amide bonds. The molecule has 0 radical (unpaired) electrons. The Kier molecular flexibility index (Phi) is 6.25. The van der Waals surface area contributed by atoms with E-state index in [4.69, 9.17) is 27.9 Å². The minimum absolute atomic E-state index is 0.0362. The van der Waals surface area contributed by atoms with Gasteiger partial charge in [-0.1, -0.05) is 23.2 Å². The molecular formula is C17H15Cl2FN4O4. The van der Waals surface area contributed by atoms with Gasteiger partial charge in [-0.25, -0.2) is 9.59 Å². The fourth-order valence-electron chi connectivity index (χ4n) is 2.67. The van der Waals surface area contributed by atoms with Gasteiger partial charge in [0.2, 0.25) is 0 Å². The number of carbonyl (C=O) groups excluding carboxylic acids is 2. The topological polar surface area (TPSA) is 96.1 Å². The summed E-state index contributed by atoms with van der Waals surface area (Å²) in [5.41, 5.74) is -0.767. The molecule has 11 heteroatoms. The van der Waals surface area contributed by atoms with Crippen molar-refractivity contribution in [1.82, 2.24) is 19.8 Å². The van der Waals surface area contributed by atoms with E-state index in [0.29, 0.717) is 19.3 Å². The van der Waals surface area contributed by atoms with Crippen molar-refractivity contribution in [3.63, 3.8) is 0 Å². The van der Waals surface area contributed by atoms with Crippen LogP contribution in [0.5, 0.6) is 0 Å². The summed E-state index contributed by atoms with van der Waals surface area (Å²) in [6, 6.07) is 2.72. The van der Waals surface area contributed by atoms with Crippen LogP contribution < -0.4 is 5.69 Å². The molecule has 28 heavy (non-hydrogen) atoms. The van der Waals surface area contributed by atoms with Gasteiger partial charge in [0.25, 0.3) is 0 Å². The van der Waals surface area contributed by atoms with Crippen LogP contribution in [0.15, 0.2) is 28.8 Å². The van der Waals surface area contributed by atoms with Crippen LogP contribution in [-0.2, 0) is 16.1 Å². The second kappa shape index (κ2) is 8.66. The Morgan fingerprint density at radius 2 is 2.00 bits per heavy atom. The largest absolute Gasteiger partial charge is 0.427 e. The number of hydrogen-bond acceptors (Lipinski definition) is 6. The fourth-order valence-corrected chi connectivity index (χ4v) is 3.28. The molecule has 0 N–H and O–H groups in total. The van der Waals surface area contributed by atoms with Gasteiger partial charge < -0.3 is 4.74 Å². The summed E-state index contributed by atoms with van der Waals surface area (Å²) < 4.78 is 19.4. The number of ketones is 1. The van der Waals surface area contributed by atoms with Crippen LogP contribution >= 0.6 is 23.2 Å². The van der Waals surface area contributed by atoms with Gasteiger partial charge >= 0.3 is 11.7 Å². The zero-order chi connectivity index (χ0) is 20.3. The van der Waals surface area contributed by atoms with Crippen molar-refractivity contribution < 1.29 is 18.7 Å². The lowest BCUT2D eigenvalue weighted by Gasteiger charge is -2.14. The maximum absolute atomic E-state index is 12.5. The van der Waals surface area contributed by atoms with E-state index in [-0.39, 0.29) is 45.8 Å². The molecule has 148 valence electrons. The second-order valence-electron chi connectivity index (χ2n) is 6.02. The summed E-state index contributed by atoms with van der Waals surface area (Å²) in [7, 11) is 0. The molecule has 0 unspecified atom stereocenters. The van der Waals surface area contributed by atoms with Crippen LogP contribution in [0.2, 0.25) is 10.0 Å². The molecule has 0 bridgehead atoms. The minimum atomic E-state index is -0.790. The standard InChI is InChI=1S/C17H15Cl2FN4O4/c18-13-6-5-12(16(26)28-11-4-1-3-10(25)9-11)14(19)15(13)24-17(27)23(21-22-24)8-2-7-20/h5-6,9H,1-4,7-8H2. The number of halogens is 3. The normalized spacial score (nSPS) is 14.1. The van der Waals surface area contributed by atoms with Crippen molar-refractivity contribution in [3.05, 3.63) is 50.1 Å². The van der Waals surface area contributed by atoms with E-state index in [2.05, 4.69) is 10.4 Å². The molecule has 8 nitrogen and oxygen atoms in total. The van der Waals surface area contributed by atoms with Crippen LogP contribution in [0.1, 0.15) is 36.0 Å². The summed E-state index contributed by atoms with van der Waals surface area (Å²) in [6.45, 7) is -0.574. The number of alkyl halides is 1. The van der Waals surface area contributed by atoms with Crippen LogP contribution in [0.25, 0.3) is 5.69 Å². The molecule has 0 atom stereocenters. The van der Waals surface area contributed by atoms with Crippen LogP contribution in [0.4, 0.5) is 4.39 Å². The Balaban J connectivity index is 1.95. The van der Waals surface area contributed by atoms with Crippen LogP contribution in [-0.4, -0.2) is 38.2 Å². The van der Waals surface area contributed by atoms with Crippen molar-refractivity contribution in [2.75, 3.05) is 6.67 Å². The van der Waals surface area contributed by atoms with Crippen molar-refractivity contribution in [3.8, 4) is 5.69 Å². The number of ether oxygens (including phenoxy) is 1. The van der Waals surface area contributed by atoms with Crippen molar-refractivity contribution >= 4 is 35.0 Å². The number of carbonyl (C=O) groups is 2. The summed E-state index contributed by atoms with van der Waals surface area (Å²) in [4.78, 5) is 36.4. The monoisotopic (exact) mass is 428 g/mol. The lowest BCUT2D eigenvalue weighted by Crippen LogP contribution is -2.25. The number of aromatic nitrogens is 4. The maximum Gasteiger partial charge on any atom is 0.368 e. The third kappa shape index (κ3) is 4.15. The molecule has 2 aromatic rings. The Bertz CT molecular complexity index is 1020. The summed E-state index contributed by atoms with van der Waals surface area (Å²) in [5.74, 6) is -0.654. The number of nitrogens with zero attached hydrogens (tertiary/aromatic N) is 4. The third-order valence-corrected chi connectivity index (χ3v) is 4.72. The summed E-state index contributed by atoms with van der Waals surface area (Å²) >= 11 is 12.5. The first-order valence-corrected chi connectivity index (χ1v) is 9.20. The molecule has 1 aromatic carbocycles. The predicted octanol–water partition coefficient (Wildman–Crippen LogP) is 2.89. The highest BCUT2D eigenvalue weighted by Crippen LogP contribution is 2.31. The van der Waals surface area contributed by atoms with E-state index in [0.717, 1.165) is 9.36 Å². The van der Waals surface area contributed by atoms with Gasteiger partial charge in [-0.3, -0.25) is 9.18 Å². The molecular weight excluding hydrogens is 414 g/mol. The SMILES string of the molecule is O=C1C=C(OC(=O)c2ccc(Cl)c(-n3nnn(CCCF)c3=O)c2Cl)CCC1. The number of benzene rings is 1. The van der Waals surface area contributed by atoms with Gasteiger partial charge in [0.1, 0.15) is 11.4 Å². The molecule has 1 aromatic heterocycles. The molecule has 1 heterocycles. The maximum atomic E-state index is 12.5. The first kappa shape index (κ1) is 20.2. The van der Waals surface area contributed by atoms with E-state index in [1.165, 1.54) is 18.2 Å². The Labute approximate surface area is 168 Å². The lowest BCUT2D eigenvalue weighted by atomic mass is 10.1. The number of aryl methyl sites for hydroxylation is 1. The molecule has 0 aliphatic heterocycles. The van der Waals surface area contributed by atoms with E-state index in [9.17, 15) is 18.8 Å².